The molecule has 2 atom stereocenters. The lowest BCUT2D eigenvalue weighted by Crippen LogP contribution is -2.37. The van der Waals surface area contributed by atoms with Gasteiger partial charge in [-0.25, -0.2) is 0 Å². The largest absolute Gasteiger partial charge is 0.497 e. The van der Waals surface area contributed by atoms with Crippen LogP contribution in [0.5, 0.6) is 5.75 Å². The summed E-state index contributed by atoms with van der Waals surface area (Å²) in [5.41, 5.74) is 0.902. The number of rotatable bonds is 5. The summed E-state index contributed by atoms with van der Waals surface area (Å²) >= 11 is 1.43. The molecular weight excluding hydrogens is 342 g/mol. The fraction of sp³-hybridized carbons (Fsp3) is 0.444. The van der Waals surface area contributed by atoms with Crippen molar-refractivity contribution in [3.63, 3.8) is 0 Å². The quantitative estimate of drug-likeness (QED) is 0.884. The molecule has 3 rings (SSSR count). The van der Waals surface area contributed by atoms with Crippen molar-refractivity contribution in [2.24, 2.45) is 0 Å². The van der Waals surface area contributed by atoms with Crippen LogP contribution in [0.3, 0.4) is 0 Å². The van der Waals surface area contributed by atoms with Crippen LogP contribution < -0.4 is 4.74 Å². The van der Waals surface area contributed by atoms with Crippen LogP contribution in [-0.4, -0.2) is 54.8 Å². The van der Waals surface area contributed by atoms with E-state index in [9.17, 15) is 9.59 Å². The number of fused-ring (bicyclic) bond motifs is 1. The van der Waals surface area contributed by atoms with Gasteiger partial charge < -0.3 is 19.5 Å². The first-order valence-corrected chi connectivity index (χ1v) is 8.89. The van der Waals surface area contributed by atoms with E-state index in [2.05, 4.69) is 0 Å². The van der Waals surface area contributed by atoms with Gasteiger partial charge in [0.25, 0.3) is 5.91 Å². The third-order valence-electron chi connectivity index (χ3n) is 4.72. The van der Waals surface area contributed by atoms with Crippen molar-refractivity contribution < 1.29 is 24.2 Å². The number of aryl methyl sites for hydroxylation is 1. The van der Waals surface area contributed by atoms with Crippen molar-refractivity contribution >= 4 is 33.3 Å². The van der Waals surface area contributed by atoms with Crippen molar-refractivity contribution in [1.82, 2.24) is 4.90 Å². The highest BCUT2D eigenvalue weighted by molar-refractivity contribution is 7.21. The number of carbonyl (C=O) groups is 2. The summed E-state index contributed by atoms with van der Waals surface area (Å²) in [5, 5.41) is 10.1. The Labute approximate surface area is 150 Å². The Kier molecular flexibility index (Phi) is 4.96. The highest BCUT2D eigenvalue weighted by atomic mass is 32.1. The highest BCUT2D eigenvalue weighted by Gasteiger charge is 2.38. The number of hydrogen-bond acceptors (Lipinski definition) is 5. The predicted molar refractivity (Wildman–Crippen MR) is 95.6 cm³/mol. The predicted octanol–water partition coefficient (Wildman–Crippen LogP) is 2.92. The van der Waals surface area contributed by atoms with Gasteiger partial charge in [0.2, 0.25) is 0 Å². The van der Waals surface area contributed by atoms with Gasteiger partial charge in [0, 0.05) is 24.4 Å². The molecule has 1 aliphatic rings. The van der Waals surface area contributed by atoms with E-state index in [0.29, 0.717) is 17.8 Å². The Morgan fingerprint density at radius 1 is 1.36 bits per heavy atom. The third kappa shape index (κ3) is 3.34. The molecule has 0 saturated carbocycles. The van der Waals surface area contributed by atoms with Gasteiger partial charge in [-0.1, -0.05) is 0 Å². The van der Waals surface area contributed by atoms with E-state index >= 15 is 0 Å². The van der Waals surface area contributed by atoms with Crippen LogP contribution in [0.25, 0.3) is 10.1 Å². The van der Waals surface area contributed by atoms with Gasteiger partial charge in [-0.2, -0.15) is 0 Å². The fourth-order valence-electron chi connectivity index (χ4n) is 3.35. The van der Waals surface area contributed by atoms with E-state index in [1.54, 1.807) is 19.1 Å². The second-order valence-electron chi connectivity index (χ2n) is 6.22. The van der Waals surface area contributed by atoms with Crippen molar-refractivity contribution in [3.05, 3.63) is 28.6 Å². The molecule has 1 aromatic carbocycles. The number of methoxy groups -OCH3 is 2. The van der Waals surface area contributed by atoms with Crippen LogP contribution in [0.4, 0.5) is 0 Å². The van der Waals surface area contributed by atoms with Gasteiger partial charge in [0.15, 0.2) is 0 Å². The average Bonchev–Trinajstić information content (AvgIpc) is 3.14. The number of benzene rings is 1. The van der Waals surface area contributed by atoms with E-state index in [4.69, 9.17) is 14.6 Å². The minimum absolute atomic E-state index is 0.0661. The summed E-state index contributed by atoms with van der Waals surface area (Å²) in [4.78, 5) is 26.5. The van der Waals surface area contributed by atoms with Crippen molar-refractivity contribution in [2.75, 3.05) is 20.8 Å². The number of amides is 1. The van der Waals surface area contributed by atoms with Crippen molar-refractivity contribution in [2.45, 2.75) is 31.9 Å². The first-order chi connectivity index (χ1) is 11.9. The number of aliphatic carboxylic acids is 1. The Morgan fingerprint density at radius 3 is 2.76 bits per heavy atom. The van der Waals surface area contributed by atoms with Crippen molar-refractivity contribution in [3.8, 4) is 5.75 Å². The fourth-order valence-corrected chi connectivity index (χ4v) is 4.50. The summed E-state index contributed by atoms with van der Waals surface area (Å²) in [6.07, 6.45) is 0.360. The van der Waals surface area contributed by atoms with Crippen LogP contribution in [0, 0.1) is 6.92 Å². The van der Waals surface area contributed by atoms with Crippen LogP contribution in [0.15, 0.2) is 18.2 Å². The number of likely N-dealkylation sites (tertiary alicyclic amines) is 1. The number of hydrogen-bond donors (Lipinski definition) is 1. The zero-order valence-corrected chi connectivity index (χ0v) is 15.3. The molecule has 0 aliphatic carbocycles. The van der Waals surface area contributed by atoms with Gasteiger partial charge in [-0.3, -0.25) is 9.59 Å². The van der Waals surface area contributed by atoms with E-state index in [-0.39, 0.29) is 24.5 Å². The zero-order valence-electron chi connectivity index (χ0n) is 14.4. The lowest BCUT2D eigenvalue weighted by atomic mass is 10.1. The Bertz CT molecular complexity index is 815. The third-order valence-corrected chi connectivity index (χ3v) is 5.98. The standard InChI is InChI=1S/C18H21NO5S/c1-10-14-8-12(23-2)4-5-15(14)25-17(10)18(22)19-9-13(24-3)6-11(19)7-16(20)21/h4-5,8,11,13H,6-7,9H2,1-3H3,(H,20,21). The molecule has 0 spiro atoms. The Balaban J connectivity index is 1.94. The van der Waals surface area contributed by atoms with Gasteiger partial charge in [0.05, 0.1) is 24.5 Å². The number of nitrogens with zero attached hydrogens (tertiary/aromatic N) is 1. The second kappa shape index (κ2) is 7.01. The number of carboxylic acids is 1. The molecule has 6 nitrogen and oxygen atoms in total. The molecule has 2 unspecified atom stereocenters. The molecular formula is C18H21NO5S. The topological polar surface area (TPSA) is 76.1 Å². The van der Waals surface area contributed by atoms with Crippen LogP contribution >= 0.6 is 11.3 Å². The summed E-state index contributed by atoms with van der Waals surface area (Å²) in [6.45, 7) is 2.34. The Morgan fingerprint density at radius 2 is 2.12 bits per heavy atom. The van der Waals surface area contributed by atoms with Gasteiger partial charge in [0.1, 0.15) is 5.75 Å². The number of thiophene rings is 1. The molecule has 7 heteroatoms. The zero-order chi connectivity index (χ0) is 18.1. The first kappa shape index (κ1) is 17.7. The summed E-state index contributed by atoms with van der Waals surface area (Å²) < 4.78 is 11.6. The van der Waals surface area contributed by atoms with Crippen LogP contribution in [0.2, 0.25) is 0 Å². The summed E-state index contributed by atoms with van der Waals surface area (Å²) in [7, 11) is 3.20. The van der Waals surface area contributed by atoms with Gasteiger partial charge in [-0.05, 0) is 42.5 Å². The minimum Gasteiger partial charge on any atom is -0.497 e. The van der Waals surface area contributed by atoms with E-state index < -0.39 is 5.97 Å². The Hall–Kier alpha value is -2.12. The lowest BCUT2D eigenvalue weighted by Gasteiger charge is -2.23. The molecule has 25 heavy (non-hydrogen) atoms. The maximum atomic E-state index is 13.1. The summed E-state index contributed by atoms with van der Waals surface area (Å²) in [5.74, 6) is -0.280. The van der Waals surface area contributed by atoms with Gasteiger partial charge >= 0.3 is 5.97 Å². The molecule has 1 fully saturated rings. The number of ether oxygens (including phenoxy) is 2. The summed E-state index contributed by atoms with van der Waals surface area (Å²) in [6, 6.07) is 5.40. The normalized spacial score (nSPS) is 20.2. The average molecular weight is 363 g/mol. The lowest BCUT2D eigenvalue weighted by molar-refractivity contribution is -0.137. The molecule has 1 amide bonds. The molecule has 134 valence electrons. The molecule has 0 radical (unpaired) electrons. The molecule has 1 N–H and O–H groups in total. The van der Waals surface area contributed by atoms with Crippen molar-refractivity contribution in [1.29, 1.82) is 0 Å². The number of carbonyl (C=O) groups excluding carboxylic acids is 1. The van der Waals surface area contributed by atoms with Gasteiger partial charge in [-0.15, -0.1) is 11.3 Å². The van der Waals surface area contributed by atoms with E-state index in [1.165, 1.54) is 11.3 Å². The molecule has 1 aliphatic heterocycles. The second-order valence-corrected chi connectivity index (χ2v) is 7.27. The number of carboxylic acid groups (broad SMARTS) is 1. The maximum Gasteiger partial charge on any atom is 0.305 e. The van der Waals surface area contributed by atoms with E-state index in [1.807, 2.05) is 25.1 Å². The molecule has 1 aromatic heterocycles. The molecule has 2 heterocycles. The molecule has 1 saturated heterocycles. The smallest absolute Gasteiger partial charge is 0.305 e. The molecule has 0 bridgehead atoms. The molecule has 2 aromatic rings. The SMILES string of the molecule is COc1ccc2sc(C(=O)N3CC(OC)CC3CC(=O)O)c(C)c2c1. The monoisotopic (exact) mass is 363 g/mol. The highest BCUT2D eigenvalue weighted by Crippen LogP contribution is 2.35. The van der Waals surface area contributed by atoms with E-state index in [0.717, 1.165) is 21.4 Å². The van der Waals surface area contributed by atoms with Crippen LogP contribution in [0.1, 0.15) is 28.1 Å². The minimum atomic E-state index is -0.905. The maximum absolute atomic E-state index is 13.1. The van der Waals surface area contributed by atoms with Crippen LogP contribution in [-0.2, 0) is 9.53 Å². The first-order valence-electron chi connectivity index (χ1n) is 8.07.